The van der Waals surface area contributed by atoms with E-state index >= 15 is 0 Å². The third kappa shape index (κ3) is 5.54. The van der Waals surface area contributed by atoms with Gasteiger partial charge in [0, 0.05) is 22.6 Å². The molecule has 2 aliphatic rings. The Morgan fingerprint density at radius 3 is 2.74 bits per heavy atom. The van der Waals surface area contributed by atoms with Crippen molar-refractivity contribution in [2.75, 3.05) is 0 Å². The first-order valence-electron chi connectivity index (χ1n) is 11.3. The summed E-state index contributed by atoms with van der Waals surface area (Å²) in [6, 6.07) is 15.6. The predicted molar refractivity (Wildman–Crippen MR) is 141 cm³/mol. The van der Waals surface area contributed by atoms with Gasteiger partial charge in [-0.1, -0.05) is 55.1 Å². The van der Waals surface area contributed by atoms with Crippen molar-refractivity contribution in [3.05, 3.63) is 81.2 Å². The van der Waals surface area contributed by atoms with Crippen molar-refractivity contribution in [3.8, 4) is 5.75 Å². The number of carbonyl (C=O) groups excluding carboxylic acids is 1. The normalized spacial score (nSPS) is 19.3. The molecule has 1 saturated heterocycles. The lowest BCUT2D eigenvalue weighted by atomic mass is 9.94. The first-order valence-corrected chi connectivity index (χ1v) is 13.4. The molecule has 3 aromatic rings. The van der Waals surface area contributed by atoms with Crippen LogP contribution in [0.25, 0.3) is 6.08 Å². The van der Waals surface area contributed by atoms with Gasteiger partial charge >= 0.3 is 0 Å². The van der Waals surface area contributed by atoms with Crippen LogP contribution in [0.2, 0.25) is 5.02 Å². The predicted octanol–water partition coefficient (Wildman–Crippen LogP) is 7.31. The molecule has 1 aromatic heterocycles. The third-order valence-corrected chi connectivity index (χ3v) is 7.76. The summed E-state index contributed by atoms with van der Waals surface area (Å²) in [4.78, 5) is 25.1. The van der Waals surface area contributed by atoms with E-state index in [4.69, 9.17) is 21.3 Å². The number of carbonyl (C=O) groups is 1. The molecular formula is C26H24ClN3O2S2. The van der Waals surface area contributed by atoms with Gasteiger partial charge in [-0.3, -0.25) is 9.69 Å². The summed E-state index contributed by atoms with van der Waals surface area (Å²) < 4.78 is 5.97. The average molecular weight is 510 g/mol. The molecule has 0 atom stereocenters. The Kier molecular flexibility index (Phi) is 7.33. The SMILES string of the molecule is O=C1/C(=C/c2cccc(OCc3ccc(Cl)cc3)c2)S/C(=N/c2nccs2)N1C1CCCCC1. The third-order valence-electron chi connectivity index (χ3n) is 5.86. The van der Waals surface area contributed by atoms with Crippen LogP contribution < -0.4 is 4.74 Å². The van der Waals surface area contributed by atoms with E-state index < -0.39 is 0 Å². The molecule has 0 bridgehead atoms. The number of thiazole rings is 1. The molecule has 0 radical (unpaired) electrons. The molecule has 34 heavy (non-hydrogen) atoms. The van der Waals surface area contributed by atoms with Gasteiger partial charge in [0.25, 0.3) is 5.91 Å². The number of amidine groups is 1. The lowest BCUT2D eigenvalue weighted by Gasteiger charge is -2.30. The first-order chi connectivity index (χ1) is 16.7. The monoisotopic (exact) mass is 509 g/mol. The molecule has 174 valence electrons. The van der Waals surface area contributed by atoms with E-state index in [0.29, 0.717) is 21.7 Å². The highest BCUT2D eigenvalue weighted by Crippen LogP contribution is 2.39. The van der Waals surface area contributed by atoms with Gasteiger partial charge in [0.15, 0.2) is 5.17 Å². The second-order valence-electron chi connectivity index (χ2n) is 8.27. The maximum absolute atomic E-state index is 13.5. The van der Waals surface area contributed by atoms with Crippen molar-refractivity contribution >= 4 is 57.0 Å². The smallest absolute Gasteiger partial charge is 0.267 e. The highest BCUT2D eigenvalue weighted by atomic mass is 35.5. The van der Waals surface area contributed by atoms with Crippen molar-refractivity contribution in [1.82, 2.24) is 9.88 Å². The van der Waals surface area contributed by atoms with E-state index in [0.717, 1.165) is 47.7 Å². The summed E-state index contributed by atoms with van der Waals surface area (Å²) in [5.41, 5.74) is 1.96. The van der Waals surface area contributed by atoms with E-state index in [9.17, 15) is 4.79 Å². The number of amides is 1. The Balaban J connectivity index is 1.36. The van der Waals surface area contributed by atoms with Gasteiger partial charge in [0.05, 0.1) is 4.91 Å². The molecule has 2 aromatic carbocycles. The van der Waals surface area contributed by atoms with Gasteiger partial charge in [-0.25, -0.2) is 4.98 Å². The molecule has 0 N–H and O–H groups in total. The van der Waals surface area contributed by atoms with Gasteiger partial charge in [0.2, 0.25) is 5.13 Å². The number of hydrogen-bond acceptors (Lipinski definition) is 6. The molecule has 5 rings (SSSR count). The van der Waals surface area contributed by atoms with Crippen LogP contribution in [0.1, 0.15) is 43.2 Å². The lowest BCUT2D eigenvalue weighted by molar-refractivity contribution is -0.124. The highest BCUT2D eigenvalue weighted by Gasteiger charge is 2.38. The largest absolute Gasteiger partial charge is 0.489 e. The van der Waals surface area contributed by atoms with Crippen molar-refractivity contribution in [2.24, 2.45) is 4.99 Å². The zero-order valence-electron chi connectivity index (χ0n) is 18.5. The Bertz CT molecular complexity index is 1200. The van der Waals surface area contributed by atoms with E-state index in [2.05, 4.69) is 4.98 Å². The van der Waals surface area contributed by atoms with Crippen LogP contribution >= 0.6 is 34.7 Å². The summed E-state index contributed by atoms with van der Waals surface area (Å²) in [7, 11) is 0. The van der Waals surface area contributed by atoms with Crippen LogP contribution in [0, 0.1) is 0 Å². The fourth-order valence-electron chi connectivity index (χ4n) is 4.17. The molecule has 5 nitrogen and oxygen atoms in total. The van der Waals surface area contributed by atoms with E-state index in [-0.39, 0.29) is 11.9 Å². The van der Waals surface area contributed by atoms with Gasteiger partial charge in [-0.2, -0.15) is 4.99 Å². The van der Waals surface area contributed by atoms with Crippen LogP contribution in [-0.2, 0) is 11.4 Å². The Morgan fingerprint density at radius 1 is 1.15 bits per heavy atom. The number of thioether (sulfide) groups is 1. The average Bonchev–Trinajstić information content (AvgIpc) is 3.47. The van der Waals surface area contributed by atoms with E-state index in [1.165, 1.54) is 29.5 Å². The number of ether oxygens (including phenoxy) is 1. The van der Waals surface area contributed by atoms with Crippen LogP contribution in [-0.4, -0.2) is 27.0 Å². The highest BCUT2D eigenvalue weighted by molar-refractivity contribution is 8.18. The number of halogens is 1. The summed E-state index contributed by atoms with van der Waals surface area (Å²) in [6.45, 7) is 0.449. The maximum Gasteiger partial charge on any atom is 0.267 e. The summed E-state index contributed by atoms with van der Waals surface area (Å²) in [6.07, 6.45) is 9.24. The zero-order chi connectivity index (χ0) is 23.3. The summed E-state index contributed by atoms with van der Waals surface area (Å²) in [5, 5.41) is 4.01. The number of rotatable bonds is 6. The minimum Gasteiger partial charge on any atom is -0.489 e. The summed E-state index contributed by atoms with van der Waals surface area (Å²) in [5.74, 6) is 0.778. The molecular weight excluding hydrogens is 486 g/mol. The van der Waals surface area contributed by atoms with Crippen LogP contribution in [0.15, 0.2) is 70.0 Å². The minimum atomic E-state index is 0.0275. The number of nitrogens with zero attached hydrogens (tertiary/aromatic N) is 3. The number of aromatic nitrogens is 1. The maximum atomic E-state index is 13.5. The van der Waals surface area contributed by atoms with Gasteiger partial charge < -0.3 is 4.74 Å². The second kappa shape index (κ2) is 10.8. The fraction of sp³-hybridized carbons (Fsp3) is 0.269. The number of benzene rings is 2. The quantitative estimate of drug-likeness (QED) is 0.327. The van der Waals surface area contributed by atoms with Crippen molar-refractivity contribution in [2.45, 2.75) is 44.8 Å². The molecule has 1 aliphatic carbocycles. The number of aliphatic imine (C=N–C) groups is 1. The van der Waals surface area contributed by atoms with Gasteiger partial charge in [0.1, 0.15) is 12.4 Å². The molecule has 8 heteroatoms. The molecule has 1 amide bonds. The Hall–Kier alpha value is -2.61. The van der Waals surface area contributed by atoms with Crippen molar-refractivity contribution in [1.29, 1.82) is 0 Å². The Labute approximate surface area is 212 Å². The standard InChI is InChI=1S/C26H24ClN3O2S2/c27-20-11-9-18(10-12-20)17-32-22-8-4-5-19(15-22)16-23-24(31)30(21-6-2-1-3-7-21)26(34-23)29-25-28-13-14-33-25/h4-5,8-16,21H,1-3,6-7,17H2/b23-16-,29-26+. The molecule has 0 unspecified atom stereocenters. The molecule has 2 heterocycles. The van der Waals surface area contributed by atoms with Crippen molar-refractivity contribution in [3.63, 3.8) is 0 Å². The zero-order valence-corrected chi connectivity index (χ0v) is 20.9. The fourth-order valence-corrected chi connectivity index (χ4v) is 5.90. The lowest BCUT2D eigenvalue weighted by Crippen LogP contribution is -2.40. The van der Waals surface area contributed by atoms with Crippen LogP contribution in [0.5, 0.6) is 5.75 Å². The second-order valence-corrected chi connectivity index (χ2v) is 10.6. The van der Waals surface area contributed by atoms with E-state index in [1.807, 2.05) is 64.9 Å². The van der Waals surface area contributed by atoms with E-state index in [1.54, 1.807) is 6.20 Å². The van der Waals surface area contributed by atoms with Gasteiger partial charge in [-0.15, -0.1) is 11.3 Å². The molecule has 1 aliphatic heterocycles. The topological polar surface area (TPSA) is 54.8 Å². The first kappa shape index (κ1) is 23.1. The molecule has 1 saturated carbocycles. The van der Waals surface area contributed by atoms with Gasteiger partial charge in [-0.05, 0) is 66.1 Å². The molecule has 2 fully saturated rings. The number of hydrogen-bond donors (Lipinski definition) is 0. The van der Waals surface area contributed by atoms with Crippen molar-refractivity contribution < 1.29 is 9.53 Å². The minimum absolute atomic E-state index is 0.0275. The van der Waals surface area contributed by atoms with Crippen LogP contribution in [0.3, 0.4) is 0 Å². The molecule has 0 spiro atoms. The summed E-state index contributed by atoms with van der Waals surface area (Å²) >= 11 is 8.87. The van der Waals surface area contributed by atoms with Crippen LogP contribution in [0.4, 0.5) is 5.13 Å². The Morgan fingerprint density at radius 2 is 1.97 bits per heavy atom.